The lowest BCUT2D eigenvalue weighted by molar-refractivity contribution is 0.0952. The Labute approximate surface area is 176 Å². The van der Waals surface area contributed by atoms with Crippen LogP contribution in [0.2, 0.25) is 0 Å². The van der Waals surface area contributed by atoms with Gasteiger partial charge in [0, 0.05) is 17.5 Å². The number of benzene rings is 3. The van der Waals surface area contributed by atoms with E-state index in [1.807, 2.05) is 54.6 Å². The molecule has 0 aliphatic rings. The summed E-state index contributed by atoms with van der Waals surface area (Å²) in [4.78, 5) is 17.9. The molecule has 3 aromatic carbocycles. The highest BCUT2D eigenvalue weighted by Gasteiger charge is 2.15. The van der Waals surface area contributed by atoms with Gasteiger partial charge in [0.1, 0.15) is 5.75 Å². The first-order chi connectivity index (χ1) is 14.5. The molecule has 4 aromatic rings. The Morgan fingerprint density at radius 2 is 1.73 bits per heavy atom. The first-order valence-corrected chi connectivity index (χ1v) is 9.93. The quantitative estimate of drug-likeness (QED) is 0.487. The minimum Gasteiger partial charge on any atom is -0.497 e. The van der Waals surface area contributed by atoms with Crippen LogP contribution in [0, 0.1) is 13.8 Å². The molecule has 0 bridgehead atoms. The summed E-state index contributed by atoms with van der Waals surface area (Å²) >= 11 is 0. The van der Waals surface area contributed by atoms with Gasteiger partial charge in [0.15, 0.2) is 0 Å². The molecule has 1 N–H and O–H groups in total. The standard InChI is InChI=1S/C26H24N2O2/c1-17-8-13-21(18(2)14-17)25-15-23(22-6-4-5-7-24(22)28-25)26(29)27-16-19-9-11-20(30-3)12-10-19/h4-15H,16H2,1-3H3,(H,27,29). The number of aryl methyl sites for hydroxylation is 2. The number of nitrogens with one attached hydrogen (secondary N) is 1. The number of fused-ring (bicyclic) bond motifs is 1. The highest BCUT2D eigenvalue weighted by Crippen LogP contribution is 2.27. The number of rotatable bonds is 5. The largest absolute Gasteiger partial charge is 0.497 e. The Balaban J connectivity index is 1.68. The summed E-state index contributed by atoms with van der Waals surface area (Å²) in [6.45, 7) is 4.59. The summed E-state index contributed by atoms with van der Waals surface area (Å²) in [5.41, 5.74) is 6.64. The predicted molar refractivity (Wildman–Crippen MR) is 121 cm³/mol. The van der Waals surface area contributed by atoms with Gasteiger partial charge in [-0.3, -0.25) is 4.79 Å². The second kappa shape index (κ2) is 8.37. The number of pyridine rings is 1. The van der Waals surface area contributed by atoms with Crippen LogP contribution in [0.25, 0.3) is 22.2 Å². The van der Waals surface area contributed by atoms with Gasteiger partial charge < -0.3 is 10.1 Å². The fraction of sp³-hybridized carbons (Fsp3) is 0.154. The number of carbonyl (C=O) groups is 1. The smallest absolute Gasteiger partial charge is 0.252 e. The average molecular weight is 396 g/mol. The van der Waals surface area contributed by atoms with Gasteiger partial charge in [0.05, 0.1) is 23.9 Å². The van der Waals surface area contributed by atoms with Gasteiger partial charge in [-0.25, -0.2) is 4.98 Å². The zero-order chi connectivity index (χ0) is 21.1. The van der Waals surface area contributed by atoms with Gasteiger partial charge in [0.25, 0.3) is 5.91 Å². The van der Waals surface area contributed by atoms with E-state index in [4.69, 9.17) is 9.72 Å². The molecule has 150 valence electrons. The van der Waals surface area contributed by atoms with Crippen molar-refractivity contribution in [2.45, 2.75) is 20.4 Å². The summed E-state index contributed by atoms with van der Waals surface area (Å²) in [5, 5.41) is 3.89. The maximum atomic E-state index is 13.1. The van der Waals surface area contributed by atoms with Crippen LogP contribution in [-0.2, 0) is 6.54 Å². The van der Waals surface area contributed by atoms with Gasteiger partial charge in [-0.1, -0.05) is 54.1 Å². The number of para-hydroxylation sites is 1. The van der Waals surface area contributed by atoms with Crippen LogP contribution in [0.5, 0.6) is 5.75 Å². The summed E-state index contributed by atoms with van der Waals surface area (Å²) in [6, 6.07) is 23.6. The van der Waals surface area contributed by atoms with Gasteiger partial charge in [-0.2, -0.15) is 0 Å². The average Bonchev–Trinajstić information content (AvgIpc) is 2.77. The van der Waals surface area contributed by atoms with E-state index in [-0.39, 0.29) is 5.91 Å². The first kappa shape index (κ1) is 19.6. The Morgan fingerprint density at radius 3 is 2.47 bits per heavy atom. The highest BCUT2D eigenvalue weighted by atomic mass is 16.5. The van der Waals surface area contributed by atoms with Crippen LogP contribution < -0.4 is 10.1 Å². The molecule has 0 fully saturated rings. The predicted octanol–water partition coefficient (Wildman–Crippen LogP) is 5.46. The van der Waals surface area contributed by atoms with Crippen molar-refractivity contribution in [3.8, 4) is 17.0 Å². The molecule has 1 amide bonds. The van der Waals surface area contributed by atoms with Crippen LogP contribution in [0.3, 0.4) is 0 Å². The zero-order valence-electron chi connectivity index (χ0n) is 17.4. The third kappa shape index (κ3) is 4.03. The lowest BCUT2D eigenvalue weighted by Gasteiger charge is -2.12. The van der Waals surface area contributed by atoms with Crippen molar-refractivity contribution in [3.05, 3.63) is 95.1 Å². The number of ether oxygens (including phenoxy) is 1. The van der Waals surface area contributed by atoms with E-state index >= 15 is 0 Å². The Bertz CT molecular complexity index is 1210. The number of hydrogen-bond donors (Lipinski definition) is 1. The third-order valence-electron chi connectivity index (χ3n) is 5.23. The molecule has 4 nitrogen and oxygen atoms in total. The topological polar surface area (TPSA) is 51.2 Å². The molecule has 0 saturated carbocycles. The van der Waals surface area contributed by atoms with Crippen molar-refractivity contribution < 1.29 is 9.53 Å². The van der Waals surface area contributed by atoms with Gasteiger partial charge in [-0.05, 0) is 49.2 Å². The SMILES string of the molecule is COc1ccc(CNC(=O)c2cc(-c3ccc(C)cc3C)nc3ccccc23)cc1. The molecular formula is C26H24N2O2. The maximum Gasteiger partial charge on any atom is 0.252 e. The third-order valence-corrected chi connectivity index (χ3v) is 5.23. The molecule has 0 unspecified atom stereocenters. The molecule has 30 heavy (non-hydrogen) atoms. The molecular weight excluding hydrogens is 372 g/mol. The van der Waals surface area contributed by atoms with E-state index < -0.39 is 0 Å². The van der Waals surface area contributed by atoms with Gasteiger partial charge >= 0.3 is 0 Å². The van der Waals surface area contributed by atoms with E-state index in [0.29, 0.717) is 12.1 Å². The molecule has 0 radical (unpaired) electrons. The number of carbonyl (C=O) groups excluding carboxylic acids is 1. The number of nitrogens with zero attached hydrogens (tertiary/aromatic N) is 1. The van der Waals surface area contributed by atoms with E-state index in [1.54, 1.807) is 7.11 Å². The van der Waals surface area contributed by atoms with Crippen molar-refractivity contribution in [2.75, 3.05) is 7.11 Å². The molecule has 0 saturated heterocycles. The van der Waals surface area contributed by atoms with Crippen molar-refractivity contribution >= 4 is 16.8 Å². The summed E-state index contributed by atoms with van der Waals surface area (Å²) in [5.74, 6) is 0.679. The van der Waals surface area contributed by atoms with Crippen LogP contribution in [-0.4, -0.2) is 18.0 Å². The van der Waals surface area contributed by atoms with E-state index in [9.17, 15) is 4.79 Å². The Kier molecular flexibility index (Phi) is 5.48. The number of aromatic nitrogens is 1. The normalized spacial score (nSPS) is 10.8. The summed E-state index contributed by atoms with van der Waals surface area (Å²) in [6.07, 6.45) is 0. The monoisotopic (exact) mass is 396 g/mol. The van der Waals surface area contributed by atoms with Crippen LogP contribution in [0.4, 0.5) is 0 Å². The number of amides is 1. The molecule has 0 atom stereocenters. The van der Waals surface area contributed by atoms with Crippen LogP contribution in [0.1, 0.15) is 27.0 Å². The number of hydrogen-bond acceptors (Lipinski definition) is 3. The molecule has 4 heteroatoms. The van der Waals surface area contributed by atoms with Crippen molar-refractivity contribution in [1.29, 1.82) is 0 Å². The minimum atomic E-state index is -0.115. The van der Waals surface area contributed by atoms with E-state index in [0.717, 1.165) is 39.0 Å². The molecule has 0 spiro atoms. The van der Waals surface area contributed by atoms with Crippen molar-refractivity contribution in [2.24, 2.45) is 0 Å². The van der Waals surface area contributed by atoms with E-state index in [2.05, 4.69) is 37.4 Å². The zero-order valence-corrected chi connectivity index (χ0v) is 17.4. The fourth-order valence-electron chi connectivity index (χ4n) is 3.62. The second-order valence-electron chi connectivity index (χ2n) is 7.42. The Morgan fingerprint density at radius 1 is 0.967 bits per heavy atom. The first-order valence-electron chi connectivity index (χ1n) is 9.93. The lowest BCUT2D eigenvalue weighted by Crippen LogP contribution is -2.23. The van der Waals surface area contributed by atoms with Gasteiger partial charge in [0.2, 0.25) is 0 Å². The summed E-state index contributed by atoms with van der Waals surface area (Å²) in [7, 11) is 1.64. The van der Waals surface area contributed by atoms with Crippen molar-refractivity contribution in [1.82, 2.24) is 10.3 Å². The number of methoxy groups -OCH3 is 1. The minimum absolute atomic E-state index is 0.115. The highest BCUT2D eigenvalue weighted by molar-refractivity contribution is 6.07. The maximum absolute atomic E-state index is 13.1. The van der Waals surface area contributed by atoms with Crippen LogP contribution >= 0.6 is 0 Å². The molecule has 1 heterocycles. The fourth-order valence-corrected chi connectivity index (χ4v) is 3.62. The molecule has 4 rings (SSSR count). The second-order valence-corrected chi connectivity index (χ2v) is 7.42. The molecule has 0 aliphatic carbocycles. The molecule has 0 aliphatic heterocycles. The molecule has 1 aromatic heterocycles. The van der Waals surface area contributed by atoms with Gasteiger partial charge in [-0.15, -0.1) is 0 Å². The van der Waals surface area contributed by atoms with Crippen LogP contribution in [0.15, 0.2) is 72.8 Å². The van der Waals surface area contributed by atoms with Crippen molar-refractivity contribution in [3.63, 3.8) is 0 Å². The Hall–Kier alpha value is -3.66. The lowest BCUT2D eigenvalue weighted by atomic mass is 9.99. The van der Waals surface area contributed by atoms with E-state index in [1.165, 1.54) is 5.56 Å². The summed E-state index contributed by atoms with van der Waals surface area (Å²) < 4.78 is 5.19.